The van der Waals surface area contributed by atoms with Crippen LogP contribution in [0.3, 0.4) is 0 Å². The Morgan fingerprint density at radius 3 is 2.33 bits per heavy atom. The summed E-state index contributed by atoms with van der Waals surface area (Å²) in [6.07, 6.45) is 0.560. The topological polar surface area (TPSA) is 42.3 Å². The predicted octanol–water partition coefficient (Wildman–Crippen LogP) is 2.39. The highest BCUT2D eigenvalue weighted by atomic mass is 15.2. The molecule has 4 nitrogen and oxygen atoms in total. The average molecular weight is 286 g/mol. The summed E-state index contributed by atoms with van der Waals surface area (Å²) in [5.41, 5.74) is 2.52. The van der Waals surface area contributed by atoms with Crippen molar-refractivity contribution >= 4 is 5.69 Å². The molecule has 1 aromatic carbocycles. The van der Waals surface area contributed by atoms with E-state index in [1.165, 1.54) is 11.3 Å². The molecule has 4 heteroatoms. The van der Waals surface area contributed by atoms with Crippen molar-refractivity contribution in [3.63, 3.8) is 0 Å². The second kappa shape index (κ2) is 8.02. The lowest BCUT2D eigenvalue weighted by Crippen LogP contribution is -2.45. The Kier molecular flexibility index (Phi) is 6.04. The van der Waals surface area contributed by atoms with Crippen LogP contribution in [0.5, 0.6) is 0 Å². The number of benzene rings is 1. The predicted molar refractivity (Wildman–Crippen MR) is 87.4 cm³/mol. The van der Waals surface area contributed by atoms with Gasteiger partial charge in [-0.05, 0) is 31.5 Å². The number of anilines is 1. The van der Waals surface area contributed by atoms with Gasteiger partial charge in [0.25, 0.3) is 0 Å². The first-order valence-corrected chi connectivity index (χ1v) is 7.96. The molecule has 0 aliphatic carbocycles. The molecule has 0 radical (unpaired) electrons. The number of hydrogen-bond acceptors (Lipinski definition) is 4. The summed E-state index contributed by atoms with van der Waals surface area (Å²) in [6, 6.07) is 11.3. The van der Waals surface area contributed by atoms with Crippen LogP contribution in [0.2, 0.25) is 0 Å². The van der Waals surface area contributed by atoms with Gasteiger partial charge in [0, 0.05) is 51.0 Å². The summed E-state index contributed by atoms with van der Waals surface area (Å²) in [5, 5.41) is 12.5. The van der Waals surface area contributed by atoms with E-state index in [2.05, 4.69) is 59.3 Å². The fourth-order valence-corrected chi connectivity index (χ4v) is 3.03. The van der Waals surface area contributed by atoms with E-state index in [1.807, 2.05) is 0 Å². The van der Waals surface area contributed by atoms with Gasteiger partial charge < -0.3 is 10.2 Å². The van der Waals surface area contributed by atoms with Crippen molar-refractivity contribution in [1.29, 1.82) is 5.26 Å². The average Bonchev–Trinajstić information content (AvgIpc) is 2.55. The SMILES string of the molecule is CCN(CC)c1ccc([C@H](CC#N)N2CCNCC2)cc1. The Bertz CT molecular complexity index is 453. The van der Waals surface area contributed by atoms with Crippen molar-refractivity contribution in [3.8, 4) is 6.07 Å². The number of rotatable bonds is 6. The van der Waals surface area contributed by atoms with E-state index in [-0.39, 0.29) is 6.04 Å². The quantitative estimate of drug-likeness (QED) is 0.872. The molecule has 2 rings (SSSR count). The third kappa shape index (κ3) is 3.96. The molecule has 21 heavy (non-hydrogen) atoms. The van der Waals surface area contributed by atoms with Gasteiger partial charge >= 0.3 is 0 Å². The standard InChI is InChI=1S/C17H26N4/c1-3-20(4-2)16-7-5-15(6-8-16)17(9-10-18)21-13-11-19-12-14-21/h5-8,17,19H,3-4,9,11-14H2,1-2H3/t17-/m0/s1. The van der Waals surface area contributed by atoms with Gasteiger partial charge in [-0.3, -0.25) is 4.90 Å². The number of nitriles is 1. The normalized spacial score (nSPS) is 17.2. The van der Waals surface area contributed by atoms with Crippen molar-refractivity contribution in [1.82, 2.24) is 10.2 Å². The fourth-order valence-electron chi connectivity index (χ4n) is 3.03. The summed E-state index contributed by atoms with van der Waals surface area (Å²) in [5.74, 6) is 0. The molecule has 1 aromatic rings. The van der Waals surface area contributed by atoms with Gasteiger partial charge in [-0.15, -0.1) is 0 Å². The summed E-state index contributed by atoms with van der Waals surface area (Å²) < 4.78 is 0. The van der Waals surface area contributed by atoms with Crippen LogP contribution in [0.25, 0.3) is 0 Å². The molecule has 1 N–H and O–H groups in total. The maximum atomic E-state index is 9.15. The number of hydrogen-bond donors (Lipinski definition) is 1. The zero-order chi connectivity index (χ0) is 15.1. The molecule has 0 bridgehead atoms. The van der Waals surface area contributed by atoms with Gasteiger partial charge in [0.2, 0.25) is 0 Å². The minimum Gasteiger partial charge on any atom is -0.372 e. The van der Waals surface area contributed by atoms with E-state index in [4.69, 9.17) is 5.26 Å². The second-order valence-corrected chi connectivity index (χ2v) is 5.43. The molecule has 114 valence electrons. The molecule has 0 aromatic heterocycles. The van der Waals surface area contributed by atoms with Crippen LogP contribution in [0.15, 0.2) is 24.3 Å². The first kappa shape index (κ1) is 15.8. The minimum atomic E-state index is 0.225. The summed E-state index contributed by atoms with van der Waals surface area (Å²) in [7, 11) is 0. The number of nitrogens with zero attached hydrogens (tertiary/aromatic N) is 3. The molecular formula is C17H26N4. The van der Waals surface area contributed by atoms with Gasteiger partial charge in [0.15, 0.2) is 0 Å². The first-order chi connectivity index (χ1) is 10.3. The highest BCUT2D eigenvalue weighted by Crippen LogP contribution is 2.26. The van der Waals surface area contributed by atoms with Crippen molar-refractivity contribution in [3.05, 3.63) is 29.8 Å². The molecule has 1 fully saturated rings. The van der Waals surface area contributed by atoms with Crippen LogP contribution in [-0.2, 0) is 0 Å². The molecular weight excluding hydrogens is 260 g/mol. The van der Waals surface area contributed by atoms with Crippen LogP contribution in [0.4, 0.5) is 5.69 Å². The van der Waals surface area contributed by atoms with Crippen molar-refractivity contribution in [2.45, 2.75) is 26.3 Å². The van der Waals surface area contributed by atoms with E-state index < -0.39 is 0 Å². The van der Waals surface area contributed by atoms with Gasteiger partial charge in [-0.2, -0.15) is 5.26 Å². The van der Waals surface area contributed by atoms with E-state index in [0.717, 1.165) is 39.3 Å². The maximum Gasteiger partial charge on any atom is 0.0641 e. The molecule has 0 amide bonds. The molecule has 1 atom stereocenters. The highest BCUT2D eigenvalue weighted by molar-refractivity contribution is 5.48. The molecule has 1 aliphatic heterocycles. The molecule has 1 aliphatic rings. The lowest BCUT2D eigenvalue weighted by molar-refractivity contribution is 0.175. The van der Waals surface area contributed by atoms with E-state index in [0.29, 0.717) is 6.42 Å². The van der Waals surface area contributed by atoms with Crippen LogP contribution in [0.1, 0.15) is 31.9 Å². The monoisotopic (exact) mass is 286 g/mol. The Hall–Kier alpha value is -1.57. The largest absolute Gasteiger partial charge is 0.372 e. The van der Waals surface area contributed by atoms with Crippen molar-refractivity contribution < 1.29 is 0 Å². The third-order valence-electron chi connectivity index (χ3n) is 4.28. The Labute approximate surface area is 128 Å². The fraction of sp³-hybridized carbons (Fsp3) is 0.588. The number of nitrogens with one attached hydrogen (secondary N) is 1. The Balaban J connectivity index is 2.14. The van der Waals surface area contributed by atoms with E-state index in [1.54, 1.807) is 0 Å². The highest BCUT2D eigenvalue weighted by Gasteiger charge is 2.21. The van der Waals surface area contributed by atoms with Crippen LogP contribution in [-0.4, -0.2) is 44.2 Å². The molecule has 0 saturated carbocycles. The summed E-state index contributed by atoms with van der Waals surface area (Å²) >= 11 is 0. The lowest BCUT2D eigenvalue weighted by atomic mass is 10.0. The maximum absolute atomic E-state index is 9.15. The van der Waals surface area contributed by atoms with Crippen molar-refractivity contribution in [2.24, 2.45) is 0 Å². The Morgan fingerprint density at radius 1 is 1.19 bits per heavy atom. The van der Waals surface area contributed by atoms with E-state index >= 15 is 0 Å². The van der Waals surface area contributed by atoms with Gasteiger partial charge in [0.05, 0.1) is 12.5 Å². The summed E-state index contributed by atoms with van der Waals surface area (Å²) in [4.78, 5) is 4.76. The van der Waals surface area contributed by atoms with Crippen LogP contribution >= 0.6 is 0 Å². The van der Waals surface area contributed by atoms with Crippen LogP contribution in [0, 0.1) is 11.3 Å². The smallest absolute Gasteiger partial charge is 0.0641 e. The summed E-state index contributed by atoms with van der Waals surface area (Å²) in [6.45, 7) is 10.5. The van der Waals surface area contributed by atoms with Gasteiger partial charge in [-0.25, -0.2) is 0 Å². The Morgan fingerprint density at radius 2 is 1.81 bits per heavy atom. The minimum absolute atomic E-state index is 0.225. The third-order valence-corrected chi connectivity index (χ3v) is 4.28. The van der Waals surface area contributed by atoms with Gasteiger partial charge in [0.1, 0.15) is 0 Å². The van der Waals surface area contributed by atoms with Crippen LogP contribution < -0.4 is 10.2 Å². The zero-order valence-electron chi connectivity index (χ0n) is 13.2. The van der Waals surface area contributed by atoms with Gasteiger partial charge in [-0.1, -0.05) is 12.1 Å². The molecule has 1 saturated heterocycles. The first-order valence-electron chi connectivity index (χ1n) is 7.96. The molecule has 1 heterocycles. The lowest BCUT2D eigenvalue weighted by Gasteiger charge is -2.34. The number of piperazine rings is 1. The zero-order valence-corrected chi connectivity index (χ0v) is 13.2. The van der Waals surface area contributed by atoms with E-state index in [9.17, 15) is 0 Å². The van der Waals surface area contributed by atoms with Crippen molar-refractivity contribution in [2.75, 3.05) is 44.2 Å². The second-order valence-electron chi connectivity index (χ2n) is 5.43. The molecule has 0 spiro atoms. The molecule has 0 unspecified atom stereocenters.